The third-order valence-electron chi connectivity index (χ3n) is 9.88. The Morgan fingerprint density at radius 2 is 1.04 bits per heavy atom. The zero-order chi connectivity index (χ0) is 31.5. The van der Waals surface area contributed by atoms with Crippen molar-refractivity contribution < 1.29 is 0 Å². The Balaban J connectivity index is 1.30. The molecule has 224 valence electrons. The lowest BCUT2D eigenvalue weighted by molar-refractivity contribution is 1.29. The third-order valence-corrected chi connectivity index (χ3v) is 14.6. The molecule has 47 heavy (non-hydrogen) atoms. The molecule has 9 rings (SSSR count). The van der Waals surface area contributed by atoms with Crippen molar-refractivity contribution in [1.82, 2.24) is 0 Å². The van der Waals surface area contributed by atoms with Gasteiger partial charge in [-0.15, -0.1) is 11.3 Å². The van der Waals surface area contributed by atoms with Crippen LogP contribution >= 0.6 is 11.3 Å². The van der Waals surface area contributed by atoms with E-state index in [0.29, 0.717) is 0 Å². The number of hydrogen-bond donors (Lipinski definition) is 0. The van der Waals surface area contributed by atoms with Gasteiger partial charge in [-0.05, 0) is 63.0 Å². The summed E-state index contributed by atoms with van der Waals surface area (Å²) in [5.41, 5.74) is 11.2. The second-order valence-electron chi connectivity index (χ2n) is 12.9. The molecular formula is C44H33NSSi. The highest BCUT2D eigenvalue weighted by molar-refractivity contribution is 7.26. The number of nitrogens with zero attached hydrogens (tertiary/aromatic N) is 1. The molecule has 1 nitrogen and oxygen atoms in total. The van der Waals surface area contributed by atoms with E-state index in [0.717, 1.165) is 0 Å². The number of hydrogen-bond acceptors (Lipinski definition) is 2. The number of thiophene rings is 1. The quantitative estimate of drug-likeness (QED) is 0.170. The molecule has 0 radical (unpaired) electrons. The Bertz CT molecular complexity index is 2360. The van der Waals surface area contributed by atoms with Crippen LogP contribution in [0.25, 0.3) is 53.6 Å². The van der Waals surface area contributed by atoms with Gasteiger partial charge in [0.2, 0.25) is 0 Å². The largest absolute Gasteiger partial charge is 0.309 e. The average Bonchev–Trinajstić information content (AvgIpc) is 3.62. The van der Waals surface area contributed by atoms with E-state index in [1.165, 1.54) is 75.8 Å². The van der Waals surface area contributed by atoms with Gasteiger partial charge in [-0.1, -0.05) is 147 Å². The van der Waals surface area contributed by atoms with E-state index in [9.17, 15) is 0 Å². The van der Waals surface area contributed by atoms with Crippen molar-refractivity contribution in [2.75, 3.05) is 4.90 Å². The first kappa shape index (κ1) is 28.0. The molecule has 3 heteroatoms. The highest BCUT2D eigenvalue weighted by Gasteiger charge is 2.39. The van der Waals surface area contributed by atoms with Gasteiger partial charge < -0.3 is 4.90 Å². The van der Waals surface area contributed by atoms with Crippen LogP contribution in [0.15, 0.2) is 164 Å². The van der Waals surface area contributed by atoms with Gasteiger partial charge in [-0.2, -0.15) is 0 Å². The van der Waals surface area contributed by atoms with E-state index in [2.05, 4.69) is 182 Å². The van der Waals surface area contributed by atoms with E-state index in [1.807, 2.05) is 11.3 Å². The molecule has 8 aromatic rings. The Hall–Kier alpha value is -5.22. The summed E-state index contributed by atoms with van der Waals surface area (Å²) in [7, 11) is -2.00. The number of fused-ring (bicyclic) bond motifs is 7. The zero-order valence-corrected chi connectivity index (χ0v) is 28.3. The molecular weight excluding hydrogens is 603 g/mol. The molecule has 0 N–H and O–H groups in total. The molecule has 0 bridgehead atoms. The summed E-state index contributed by atoms with van der Waals surface area (Å²) in [5, 5.41) is 5.79. The van der Waals surface area contributed by atoms with Gasteiger partial charge in [-0.3, -0.25) is 0 Å². The number of para-hydroxylation sites is 2. The zero-order valence-electron chi connectivity index (χ0n) is 26.4. The molecule has 0 unspecified atom stereocenters. The minimum absolute atomic E-state index is 1.17. The molecule has 1 aromatic heterocycles. The highest BCUT2D eigenvalue weighted by Crippen LogP contribution is 2.47. The van der Waals surface area contributed by atoms with Crippen LogP contribution in [0.3, 0.4) is 0 Å². The summed E-state index contributed by atoms with van der Waals surface area (Å²) in [6.07, 6.45) is 0. The Morgan fingerprint density at radius 3 is 1.70 bits per heavy atom. The normalized spacial score (nSPS) is 13.1. The molecule has 2 heterocycles. The van der Waals surface area contributed by atoms with E-state index in [1.54, 1.807) is 5.19 Å². The van der Waals surface area contributed by atoms with Gasteiger partial charge in [0.15, 0.2) is 0 Å². The SMILES string of the molecule is C[Si]1(C)c2cc(N(c3ccccc3-c3ccccc3)c3ccccc3-c3ccccc3)ccc2-c2c1ccc1c2sc2ccccc21. The molecule has 0 amide bonds. The Labute approximate surface area is 281 Å². The monoisotopic (exact) mass is 635 g/mol. The second-order valence-corrected chi connectivity index (χ2v) is 18.3. The smallest absolute Gasteiger partial charge is 0.114 e. The van der Waals surface area contributed by atoms with Crippen molar-refractivity contribution >= 4 is 67.0 Å². The molecule has 1 aliphatic rings. The lowest BCUT2D eigenvalue weighted by atomic mass is 9.98. The topological polar surface area (TPSA) is 3.24 Å². The van der Waals surface area contributed by atoms with Crippen LogP contribution in [0.1, 0.15) is 0 Å². The first-order chi connectivity index (χ1) is 23.1. The fourth-order valence-electron chi connectivity index (χ4n) is 7.60. The van der Waals surface area contributed by atoms with Crippen LogP contribution in [-0.4, -0.2) is 8.07 Å². The first-order valence-electron chi connectivity index (χ1n) is 16.3. The van der Waals surface area contributed by atoms with Crippen molar-refractivity contribution in [3.8, 4) is 33.4 Å². The second kappa shape index (κ2) is 10.9. The standard InChI is InChI=1S/C44H33NSSi/c1-47(2)41-28-27-36-35-21-11-14-24-40(35)46-44(36)43(41)37-26-25-32(29-42(37)47)45(38-22-12-9-19-33(38)30-15-5-3-6-16-30)39-23-13-10-20-34(39)31-17-7-4-8-18-31/h3-29H,1-2H3. The molecule has 7 aromatic carbocycles. The number of rotatable bonds is 5. The van der Waals surface area contributed by atoms with E-state index in [4.69, 9.17) is 0 Å². The molecule has 0 aliphatic carbocycles. The van der Waals surface area contributed by atoms with Crippen molar-refractivity contribution in [2.45, 2.75) is 13.1 Å². The maximum atomic E-state index is 2.53. The fraction of sp³-hybridized carbons (Fsp3) is 0.0455. The number of benzene rings is 7. The summed E-state index contributed by atoms with van der Waals surface area (Å²) in [6.45, 7) is 5.06. The Morgan fingerprint density at radius 1 is 0.468 bits per heavy atom. The number of anilines is 3. The maximum Gasteiger partial charge on any atom is 0.114 e. The van der Waals surface area contributed by atoms with Crippen LogP contribution in [0, 0.1) is 0 Å². The molecule has 1 aliphatic heterocycles. The summed E-state index contributed by atoms with van der Waals surface area (Å²) in [5.74, 6) is 0. The van der Waals surface area contributed by atoms with Crippen LogP contribution < -0.4 is 15.3 Å². The van der Waals surface area contributed by atoms with Crippen LogP contribution in [0.2, 0.25) is 13.1 Å². The lowest BCUT2D eigenvalue weighted by Crippen LogP contribution is -2.49. The molecule has 0 spiro atoms. The first-order valence-corrected chi connectivity index (χ1v) is 20.1. The fourth-order valence-corrected chi connectivity index (χ4v) is 12.0. The summed E-state index contributed by atoms with van der Waals surface area (Å²) >= 11 is 1.95. The summed E-state index contributed by atoms with van der Waals surface area (Å²) in [4.78, 5) is 2.49. The van der Waals surface area contributed by atoms with Gasteiger partial charge in [0.1, 0.15) is 8.07 Å². The average molecular weight is 636 g/mol. The summed E-state index contributed by atoms with van der Waals surface area (Å²) in [6, 6.07) is 60.2. The van der Waals surface area contributed by atoms with Crippen LogP contribution in [0.4, 0.5) is 17.1 Å². The van der Waals surface area contributed by atoms with Crippen molar-refractivity contribution in [2.24, 2.45) is 0 Å². The predicted octanol–water partition coefficient (Wildman–Crippen LogP) is 11.7. The van der Waals surface area contributed by atoms with Crippen molar-refractivity contribution in [3.05, 3.63) is 164 Å². The maximum absolute atomic E-state index is 2.53. The van der Waals surface area contributed by atoms with E-state index < -0.39 is 8.07 Å². The molecule has 0 saturated heterocycles. The van der Waals surface area contributed by atoms with Crippen molar-refractivity contribution in [3.63, 3.8) is 0 Å². The minimum atomic E-state index is -2.00. The van der Waals surface area contributed by atoms with Gasteiger partial charge in [0.05, 0.1) is 11.4 Å². The highest BCUT2D eigenvalue weighted by atomic mass is 32.1. The lowest BCUT2D eigenvalue weighted by Gasteiger charge is -2.31. The molecule has 0 fully saturated rings. The predicted molar refractivity (Wildman–Crippen MR) is 207 cm³/mol. The van der Waals surface area contributed by atoms with Crippen LogP contribution in [0.5, 0.6) is 0 Å². The summed E-state index contributed by atoms with van der Waals surface area (Å²) < 4.78 is 2.79. The van der Waals surface area contributed by atoms with Gasteiger partial charge >= 0.3 is 0 Å². The van der Waals surface area contributed by atoms with Crippen LogP contribution in [-0.2, 0) is 0 Å². The van der Waals surface area contributed by atoms with E-state index >= 15 is 0 Å². The molecule has 0 atom stereocenters. The van der Waals surface area contributed by atoms with Crippen molar-refractivity contribution in [1.29, 1.82) is 0 Å². The Kier molecular flexibility index (Phi) is 6.53. The van der Waals surface area contributed by atoms with Gasteiger partial charge in [-0.25, -0.2) is 0 Å². The van der Waals surface area contributed by atoms with Gasteiger partial charge in [0, 0.05) is 37.0 Å². The van der Waals surface area contributed by atoms with Gasteiger partial charge in [0.25, 0.3) is 0 Å². The van der Waals surface area contributed by atoms with E-state index in [-0.39, 0.29) is 0 Å². The third kappa shape index (κ3) is 4.42. The minimum Gasteiger partial charge on any atom is -0.309 e. The molecule has 0 saturated carbocycles.